The SMILES string of the molecule is CC(Nc1ccc(-n2cncn2)nc1)c1ccc(I)cc1. The summed E-state index contributed by atoms with van der Waals surface area (Å²) in [6.45, 7) is 2.13. The van der Waals surface area contributed by atoms with Crippen LogP contribution in [0.5, 0.6) is 0 Å². The Labute approximate surface area is 136 Å². The van der Waals surface area contributed by atoms with Crippen LogP contribution < -0.4 is 5.32 Å². The van der Waals surface area contributed by atoms with Gasteiger partial charge in [0, 0.05) is 9.61 Å². The smallest absolute Gasteiger partial charge is 0.155 e. The second kappa shape index (κ2) is 6.21. The van der Waals surface area contributed by atoms with Crippen molar-refractivity contribution in [2.24, 2.45) is 0 Å². The first-order valence-electron chi connectivity index (χ1n) is 6.55. The van der Waals surface area contributed by atoms with E-state index in [0.29, 0.717) is 0 Å². The van der Waals surface area contributed by atoms with E-state index in [1.807, 2.05) is 12.1 Å². The molecule has 6 heteroatoms. The Balaban J connectivity index is 1.71. The molecule has 0 aliphatic carbocycles. The van der Waals surface area contributed by atoms with E-state index in [2.05, 4.69) is 74.2 Å². The lowest BCUT2D eigenvalue weighted by Crippen LogP contribution is -2.07. The highest BCUT2D eigenvalue weighted by molar-refractivity contribution is 14.1. The lowest BCUT2D eigenvalue weighted by Gasteiger charge is -2.15. The molecule has 0 fully saturated rings. The van der Waals surface area contributed by atoms with E-state index in [1.54, 1.807) is 17.2 Å². The minimum atomic E-state index is 0.223. The van der Waals surface area contributed by atoms with Crippen molar-refractivity contribution in [3.8, 4) is 5.82 Å². The summed E-state index contributed by atoms with van der Waals surface area (Å²) < 4.78 is 2.87. The van der Waals surface area contributed by atoms with E-state index in [4.69, 9.17) is 0 Å². The van der Waals surface area contributed by atoms with Crippen molar-refractivity contribution in [3.63, 3.8) is 0 Å². The van der Waals surface area contributed by atoms with Crippen molar-refractivity contribution in [1.82, 2.24) is 19.7 Å². The Morgan fingerprint density at radius 3 is 2.57 bits per heavy atom. The van der Waals surface area contributed by atoms with Crippen LogP contribution in [0.25, 0.3) is 5.82 Å². The topological polar surface area (TPSA) is 55.6 Å². The molecular weight excluding hydrogens is 377 g/mol. The van der Waals surface area contributed by atoms with Crippen molar-refractivity contribution in [1.29, 1.82) is 0 Å². The fraction of sp³-hybridized carbons (Fsp3) is 0.133. The fourth-order valence-corrected chi connectivity index (χ4v) is 2.38. The molecule has 5 nitrogen and oxygen atoms in total. The maximum absolute atomic E-state index is 4.38. The van der Waals surface area contributed by atoms with E-state index in [9.17, 15) is 0 Å². The molecule has 0 spiro atoms. The van der Waals surface area contributed by atoms with Gasteiger partial charge in [-0.15, -0.1) is 0 Å². The first-order valence-corrected chi connectivity index (χ1v) is 7.63. The second-order valence-corrected chi connectivity index (χ2v) is 5.91. The normalized spacial score (nSPS) is 12.1. The van der Waals surface area contributed by atoms with Gasteiger partial charge in [0.1, 0.15) is 12.7 Å². The van der Waals surface area contributed by atoms with E-state index in [-0.39, 0.29) is 6.04 Å². The lowest BCUT2D eigenvalue weighted by atomic mass is 10.1. The van der Waals surface area contributed by atoms with E-state index in [1.165, 1.54) is 15.5 Å². The number of halogens is 1. The Hall–Kier alpha value is -1.96. The van der Waals surface area contributed by atoms with Gasteiger partial charge in [0.15, 0.2) is 5.82 Å². The van der Waals surface area contributed by atoms with Crippen LogP contribution in [0.2, 0.25) is 0 Å². The van der Waals surface area contributed by atoms with Crippen LogP contribution in [-0.2, 0) is 0 Å². The van der Waals surface area contributed by atoms with E-state index < -0.39 is 0 Å². The van der Waals surface area contributed by atoms with Crippen LogP contribution in [0.3, 0.4) is 0 Å². The van der Waals surface area contributed by atoms with Crippen molar-refractivity contribution in [2.75, 3.05) is 5.32 Å². The fourth-order valence-electron chi connectivity index (χ4n) is 2.02. The summed E-state index contributed by atoms with van der Waals surface area (Å²) in [5.41, 5.74) is 2.22. The van der Waals surface area contributed by atoms with E-state index >= 15 is 0 Å². The van der Waals surface area contributed by atoms with Gasteiger partial charge in [0.05, 0.1) is 11.9 Å². The highest BCUT2D eigenvalue weighted by Gasteiger charge is 2.06. The van der Waals surface area contributed by atoms with Crippen LogP contribution in [0.15, 0.2) is 55.2 Å². The first-order chi connectivity index (χ1) is 10.2. The number of nitrogens with one attached hydrogen (secondary N) is 1. The van der Waals surface area contributed by atoms with Gasteiger partial charge in [0.25, 0.3) is 0 Å². The summed E-state index contributed by atoms with van der Waals surface area (Å²) in [7, 11) is 0. The quantitative estimate of drug-likeness (QED) is 0.693. The van der Waals surface area contributed by atoms with Gasteiger partial charge in [0.2, 0.25) is 0 Å². The zero-order valence-corrected chi connectivity index (χ0v) is 13.6. The van der Waals surface area contributed by atoms with Crippen LogP contribution in [0.1, 0.15) is 18.5 Å². The minimum Gasteiger partial charge on any atom is -0.377 e. The molecule has 0 aliphatic heterocycles. The number of anilines is 1. The molecule has 3 aromatic rings. The third kappa shape index (κ3) is 3.38. The zero-order valence-electron chi connectivity index (χ0n) is 11.4. The third-order valence-corrected chi connectivity index (χ3v) is 3.87. The Bertz CT molecular complexity index is 692. The maximum atomic E-state index is 4.38. The highest BCUT2D eigenvalue weighted by Crippen LogP contribution is 2.20. The molecule has 1 unspecified atom stereocenters. The number of aromatic nitrogens is 4. The van der Waals surface area contributed by atoms with Crippen molar-refractivity contribution >= 4 is 28.3 Å². The molecule has 21 heavy (non-hydrogen) atoms. The molecular formula is C15H14IN5. The molecule has 0 saturated heterocycles. The lowest BCUT2D eigenvalue weighted by molar-refractivity contribution is 0.841. The molecule has 2 aromatic heterocycles. The number of nitrogens with zero attached hydrogens (tertiary/aromatic N) is 4. The average molecular weight is 391 g/mol. The molecule has 2 heterocycles. The highest BCUT2D eigenvalue weighted by atomic mass is 127. The first kappa shape index (κ1) is 14.0. The molecule has 1 N–H and O–H groups in total. The molecule has 0 aliphatic rings. The van der Waals surface area contributed by atoms with Gasteiger partial charge in [-0.3, -0.25) is 0 Å². The predicted octanol–water partition coefficient (Wildman–Crippen LogP) is 3.44. The zero-order chi connectivity index (χ0) is 14.7. The summed E-state index contributed by atoms with van der Waals surface area (Å²) in [5.74, 6) is 0.750. The summed E-state index contributed by atoms with van der Waals surface area (Å²) in [6, 6.07) is 12.6. The Kier molecular flexibility index (Phi) is 4.14. The van der Waals surface area contributed by atoms with Gasteiger partial charge in [-0.2, -0.15) is 5.10 Å². The van der Waals surface area contributed by atoms with Crippen LogP contribution in [0.4, 0.5) is 5.69 Å². The number of rotatable bonds is 4. The largest absolute Gasteiger partial charge is 0.377 e. The minimum absolute atomic E-state index is 0.223. The van der Waals surface area contributed by atoms with Crippen LogP contribution in [-0.4, -0.2) is 19.7 Å². The van der Waals surface area contributed by atoms with Crippen molar-refractivity contribution in [2.45, 2.75) is 13.0 Å². The van der Waals surface area contributed by atoms with Gasteiger partial charge < -0.3 is 5.32 Å². The second-order valence-electron chi connectivity index (χ2n) is 4.66. The summed E-state index contributed by atoms with van der Waals surface area (Å²) in [5, 5.41) is 7.49. The van der Waals surface area contributed by atoms with Crippen LogP contribution >= 0.6 is 22.6 Å². The average Bonchev–Trinajstić information content (AvgIpc) is 3.03. The van der Waals surface area contributed by atoms with Gasteiger partial charge in [-0.25, -0.2) is 14.6 Å². The van der Waals surface area contributed by atoms with Gasteiger partial charge >= 0.3 is 0 Å². The molecule has 106 valence electrons. The maximum Gasteiger partial charge on any atom is 0.155 e. The molecule has 0 bridgehead atoms. The number of pyridine rings is 1. The molecule has 0 amide bonds. The van der Waals surface area contributed by atoms with Gasteiger partial charge in [-0.05, 0) is 59.3 Å². The molecule has 0 radical (unpaired) electrons. The van der Waals surface area contributed by atoms with Gasteiger partial charge in [-0.1, -0.05) is 12.1 Å². The third-order valence-electron chi connectivity index (χ3n) is 3.15. The molecule has 3 rings (SSSR count). The van der Waals surface area contributed by atoms with Crippen molar-refractivity contribution in [3.05, 3.63) is 64.4 Å². The Morgan fingerprint density at radius 2 is 1.95 bits per heavy atom. The molecule has 1 atom stereocenters. The number of hydrogen-bond acceptors (Lipinski definition) is 4. The standard InChI is InChI=1S/C15H14IN5/c1-11(12-2-4-13(16)5-3-12)20-14-6-7-15(18-8-14)21-10-17-9-19-21/h2-11,20H,1H3. The summed E-state index contributed by atoms with van der Waals surface area (Å²) in [4.78, 5) is 8.29. The predicted molar refractivity (Wildman–Crippen MR) is 90.4 cm³/mol. The number of benzene rings is 1. The molecule has 0 saturated carbocycles. The summed E-state index contributed by atoms with van der Waals surface area (Å²) >= 11 is 2.31. The van der Waals surface area contributed by atoms with Crippen LogP contribution in [0, 0.1) is 3.57 Å². The van der Waals surface area contributed by atoms with E-state index in [0.717, 1.165) is 11.5 Å². The Morgan fingerprint density at radius 1 is 1.14 bits per heavy atom. The number of hydrogen-bond donors (Lipinski definition) is 1. The molecule has 1 aromatic carbocycles. The summed E-state index contributed by atoms with van der Waals surface area (Å²) in [6.07, 6.45) is 4.93. The monoisotopic (exact) mass is 391 g/mol. The van der Waals surface area contributed by atoms with Crippen molar-refractivity contribution < 1.29 is 0 Å².